The molecule has 0 aromatic heterocycles. The van der Waals surface area contributed by atoms with Gasteiger partial charge in [-0.3, -0.25) is 0 Å². The van der Waals surface area contributed by atoms with Gasteiger partial charge in [0.05, 0.1) is 23.9 Å². The molecule has 0 bridgehead atoms. The van der Waals surface area contributed by atoms with Crippen molar-refractivity contribution in [3.05, 3.63) is 33.8 Å². The van der Waals surface area contributed by atoms with E-state index in [4.69, 9.17) is 14.0 Å². The summed E-state index contributed by atoms with van der Waals surface area (Å²) in [5.74, 6) is -0.355. The maximum absolute atomic E-state index is 11.7. The lowest BCUT2D eigenvalue weighted by Crippen LogP contribution is -2.41. The van der Waals surface area contributed by atoms with Gasteiger partial charge in [0.25, 0.3) is 0 Å². The molecule has 0 unspecified atom stereocenters. The highest BCUT2D eigenvalue weighted by Gasteiger charge is 2.50. The summed E-state index contributed by atoms with van der Waals surface area (Å²) in [6, 6.07) is 5.50. The highest BCUT2D eigenvalue weighted by molar-refractivity contribution is 9.10. The molecule has 0 radical (unpaired) electrons. The van der Waals surface area contributed by atoms with Crippen molar-refractivity contribution in [3.63, 3.8) is 0 Å². The molecule has 1 heterocycles. The molecule has 4 nitrogen and oxygen atoms in total. The first-order valence-corrected chi connectivity index (χ1v) is 7.67. The predicted octanol–water partition coefficient (Wildman–Crippen LogP) is 3.41. The number of halogens is 1. The SMILES string of the molecule is COC(=O)c1cc(Br)cc(CB2OC(C)(C)C(C)(C)O2)c1. The van der Waals surface area contributed by atoms with Crippen LogP contribution >= 0.6 is 15.9 Å². The monoisotopic (exact) mass is 354 g/mol. The van der Waals surface area contributed by atoms with Gasteiger partial charge in [-0.2, -0.15) is 0 Å². The fourth-order valence-electron chi connectivity index (χ4n) is 2.24. The second-order valence-electron chi connectivity index (χ2n) is 6.23. The summed E-state index contributed by atoms with van der Waals surface area (Å²) in [7, 11) is 1.05. The summed E-state index contributed by atoms with van der Waals surface area (Å²) in [6.45, 7) is 8.09. The number of hydrogen-bond donors (Lipinski definition) is 0. The van der Waals surface area contributed by atoms with Crippen molar-refractivity contribution in [2.24, 2.45) is 0 Å². The molecule has 114 valence electrons. The number of benzene rings is 1. The second kappa shape index (κ2) is 5.74. The number of hydrogen-bond acceptors (Lipinski definition) is 4. The standard InChI is InChI=1S/C15H20BBrO4/c1-14(2)15(3,4)21-16(20-14)9-10-6-11(13(18)19-5)8-12(17)7-10/h6-8H,9H2,1-5H3. The average Bonchev–Trinajstić information content (AvgIpc) is 2.55. The third kappa shape index (κ3) is 3.50. The molecule has 1 fully saturated rings. The molecule has 0 N–H and O–H groups in total. The van der Waals surface area contributed by atoms with Gasteiger partial charge in [0.2, 0.25) is 0 Å². The van der Waals surface area contributed by atoms with Crippen LogP contribution in [-0.2, 0) is 20.4 Å². The molecule has 0 saturated carbocycles. The minimum atomic E-state index is -0.355. The Morgan fingerprint density at radius 3 is 2.29 bits per heavy atom. The van der Waals surface area contributed by atoms with Crippen molar-refractivity contribution in [3.8, 4) is 0 Å². The molecule has 0 spiro atoms. The molecule has 0 atom stereocenters. The van der Waals surface area contributed by atoms with E-state index < -0.39 is 0 Å². The van der Waals surface area contributed by atoms with E-state index in [1.165, 1.54) is 7.11 Å². The maximum atomic E-state index is 11.7. The number of esters is 1. The smallest absolute Gasteiger partial charge is 0.462 e. The molecule has 1 aliphatic rings. The number of carbonyl (C=O) groups is 1. The summed E-state index contributed by atoms with van der Waals surface area (Å²) in [6.07, 6.45) is 0.580. The summed E-state index contributed by atoms with van der Waals surface area (Å²) < 4.78 is 17.6. The van der Waals surface area contributed by atoms with Gasteiger partial charge in [0, 0.05) is 10.8 Å². The van der Waals surface area contributed by atoms with Crippen molar-refractivity contribution >= 4 is 29.0 Å². The number of carbonyl (C=O) groups excluding carboxylic acids is 1. The van der Waals surface area contributed by atoms with Crippen LogP contribution in [0.4, 0.5) is 0 Å². The Morgan fingerprint density at radius 2 is 1.76 bits per heavy atom. The van der Waals surface area contributed by atoms with Crippen LogP contribution in [0.15, 0.2) is 22.7 Å². The van der Waals surface area contributed by atoms with Gasteiger partial charge >= 0.3 is 13.1 Å². The zero-order valence-corrected chi connectivity index (χ0v) is 14.6. The van der Waals surface area contributed by atoms with Crippen molar-refractivity contribution in [2.45, 2.75) is 45.2 Å². The quantitative estimate of drug-likeness (QED) is 0.616. The van der Waals surface area contributed by atoms with E-state index in [-0.39, 0.29) is 24.3 Å². The van der Waals surface area contributed by atoms with Crippen LogP contribution in [0.5, 0.6) is 0 Å². The summed E-state index contributed by atoms with van der Waals surface area (Å²) >= 11 is 3.42. The zero-order chi connectivity index (χ0) is 15.8. The van der Waals surface area contributed by atoms with Gasteiger partial charge in [-0.05, 0) is 51.5 Å². The average molecular weight is 355 g/mol. The fraction of sp³-hybridized carbons (Fsp3) is 0.533. The molecular weight excluding hydrogens is 335 g/mol. The van der Waals surface area contributed by atoms with E-state index in [9.17, 15) is 4.79 Å². The van der Waals surface area contributed by atoms with E-state index in [0.717, 1.165) is 10.0 Å². The Hall–Kier alpha value is -0.845. The topological polar surface area (TPSA) is 44.8 Å². The number of rotatable bonds is 3. The lowest BCUT2D eigenvalue weighted by Gasteiger charge is -2.32. The van der Waals surface area contributed by atoms with Crippen LogP contribution in [0.1, 0.15) is 43.6 Å². The highest BCUT2D eigenvalue weighted by Crippen LogP contribution is 2.37. The van der Waals surface area contributed by atoms with Crippen LogP contribution in [0.3, 0.4) is 0 Å². The van der Waals surface area contributed by atoms with Gasteiger partial charge in [0.15, 0.2) is 0 Å². The van der Waals surface area contributed by atoms with Gasteiger partial charge < -0.3 is 14.0 Å². The van der Waals surface area contributed by atoms with E-state index in [1.807, 2.05) is 39.8 Å². The maximum Gasteiger partial charge on any atom is 0.462 e. The third-order valence-electron chi connectivity index (χ3n) is 4.08. The Balaban J connectivity index is 2.18. The van der Waals surface area contributed by atoms with Gasteiger partial charge in [-0.25, -0.2) is 4.79 Å². The fourth-order valence-corrected chi connectivity index (χ4v) is 2.79. The first kappa shape index (κ1) is 16.5. The molecule has 0 aliphatic carbocycles. The van der Waals surface area contributed by atoms with Crippen LogP contribution < -0.4 is 0 Å². The lowest BCUT2D eigenvalue weighted by atomic mass is 9.80. The van der Waals surface area contributed by atoms with Gasteiger partial charge in [0.1, 0.15) is 0 Å². The molecule has 1 saturated heterocycles. The Bertz CT molecular complexity index is 541. The Labute approximate surface area is 134 Å². The van der Waals surface area contributed by atoms with E-state index in [0.29, 0.717) is 11.9 Å². The Morgan fingerprint density at radius 1 is 1.19 bits per heavy atom. The van der Waals surface area contributed by atoms with Gasteiger partial charge in [-0.1, -0.05) is 15.9 Å². The lowest BCUT2D eigenvalue weighted by molar-refractivity contribution is 0.00578. The molecule has 21 heavy (non-hydrogen) atoms. The minimum Gasteiger partial charge on any atom is -0.465 e. The molecular formula is C15H20BBrO4. The second-order valence-corrected chi connectivity index (χ2v) is 7.15. The molecule has 2 rings (SSSR count). The summed E-state index contributed by atoms with van der Waals surface area (Å²) in [4.78, 5) is 11.7. The predicted molar refractivity (Wildman–Crippen MR) is 85.3 cm³/mol. The van der Waals surface area contributed by atoms with Crippen LogP contribution in [0.2, 0.25) is 0 Å². The highest BCUT2D eigenvalue weighted by atomic mass is 79.9. The van der Waals surface area contributed by atoms with Crippen molar-refractivity contribution in [2.75, 3.05) is 7.11 Å². The van der Waals surface area contributed by atoms with E-state index in [1.54, 1.807) is 6.07 Å². The molecule has 0 amide bonds. The number of methoxy groups -OCH3 is 1. The summed E-state index contributed by atoms with van der Waals surface area (Å²) in [5, 5.41) is 0. The van der Waals surface area contributed by atoms with Crippen molar-refractivity contribution in [1.29, 1.82) is 0 Å². The number of ether oxygens (including phenoxy) is 1. The van der Waals surface area contributed by atoms with Gasteiger partial charge in [-0.15, -0.1) is 0 Å². The zero-order valence-electron chi connectivity index (χ0n) is 13.0. The summed E-state index contributed by atoms with van der Waals surface area (Å²) in [5.41, 5.74) is 0.769. The molecule has 1 aromatic rings. The van der Waals surface area contributed by atoms with E-state index in [2.05, 4.69) is 15.9 Å². The third-order valence-corrected chi connectivity index (χ3v) is 4.54. The largest absolute Gasteiger partial charge is 0.465 e. The Kier molecular flexibility index (Phi) is 4.52. The minimum absolute atomic E-state index is 0.324. The normalized spacial score (nSPS) is 19.6. The molecule has 1 aromatic carbocycles. The molecule has 1 aliphatic heterocycles. The molecule has 6 heteroatoms. The van der Waals surface area contributed by atoms with Crippen molar-refractivity contribution in [1.82, 2.24) is 0 Å². The van der Waals surface area contributed by atoms with Crippen molar-refractivity contribution < 1.29 is 18.8 Å². The van der Waals surface area contributed by atoms with Crippen LogP contribution in [-0.4, -0.2) is 31.4 Å². The first-order chi connectivity index (χ1) is 9.64. The van der Waals surface area contributed by atoms with Crippen LogP contribution in [0, 0.1) is 0 Å². The van der Waals surface area contributed by atoms with Crippen LogP contribution in [0.25, 0.3) is 0 Å². The van der Waals surface area contributed by atoms with E-state index >= 15 is 0 Å². The first-order valence-electron chi connectivity index (χ1n) is 6.88.